The standard InChI is InChI=1S/C18H25N5O/c24-18(21-15-8-12-22-10-3-1-5-16(15)22)19-9-7-14-13-23-11-4-2-6-17(23)20-14/h2,4,6,11,13,15-16H,1,3,5,7-10,12H2,(H2,19,21,24)/t15-,16-/m1/s1. The van der Waals surface area contributed by atoms with E-state index in [1.54, 1.807) is 0 Å². The first-order chi connectivity index (χ1) is 11.8. The Bertz CT molecular complexity index is 679. The molecule has 0 aromatic carbocycles. The van der Waals surface area contributed by atoms with Crippen molar-refractivity contribution in [3.8, 4) is 0 Å². The molecule has 2 aliphatic rings. The predicted molar refractivity (Wildman–Crippen MR) is 93.0 cm³/mol. The van der Waals surface area contributed by atoms with Crippen molar-refractivity contribution in [3.05, 3.63) is 36.3 Å². The van der Waals surface area contributed by atoms with Crippen LogP contribution in [0.1, 0.15) is 31.4 Å². The Morgan fingerprint density at radius 2 is 2.21 bits per heavy atom. The van der Waals surface area contributed by atoms with Crippen LogP contribution >= 0.6 is 0 Å². The predicted octanol–water partition coefficient (Wildman–Crippen LogP) is 1.80. The fourth-order valence-electron chi connectivity index (χ4n) is 4.05. The molecular weight excluding hydrogens is 302 g/mol. The van der Waals surface area contributed by atoms with E-state index in [9.17, 15) is 4.79 Å². The highest BCUT2D eigenvalue weighted by atomic mass is 16.2. The lowest BCUT2D eigenvalue weighted by atomic mass is 9.99. The van der Waals surface area contributed by atoms with Crippen LogP contribution in [0.2, 0.25) is 0 Å². The van der Waals surface area contributed by atoms with E-state index >= 15 is 0 Å². The second kappa shape index (κ2) is 6.81. The monoisotopic (exact) mass is 327 g/mol. The molecular formula is C18H25N5O. The summed E-state index contributed by atoms with van der Waals surface area (Å²) in [5.41, 5.74) is 1.95. The number of imidazole rings is 1. The molecule has 2 fully saturated rings. The zero-order chi connectivity index (χ0) is 16.4. The van der Waals surface area contributed by atoms with Gasteiger partial charge < -0.3 is 15.0 Å². The van der Waals surface area contributed by atoms with E-state index in [0.717, 1.165) is 30.7 Å². The number of hydrogen-bond donors (Lipinski definition) is 2. The first-order valence-electron chi connectivity index (χ1n) is 9.00. The summed E-state index contributed by atoms with van der Waals surface area (Å²) in [6, 6.07) is 6.76. The van der Waals surface area contributed by atoms with Crippen LogP contribution in [-0.2, 0) is 6.42 Å². The van der Waals surface area contributed by atoms with Crippen LogP contribution in [0.3, 0.4) is 0 Å². The highest BCUT2D eigenvalue weighted by Crippen LogP contribution is 2.26. The zero-order valence-electron chi connectivity index (χ0n) is 13.9. The third-order valence-electron chi connectivity index (χ3n) is 5.25. The van der Waals surface area contributed by atoms with Crippen molar-refractivity contribution in [1.29, 1.82) is 0 Å². The van der Waals surface area contributed by atoms with Crippen molar-refractivity contribution in [2.75, 3.05) is 19.6 Å². The summed E-state index contributed by atoms with van der Waals surface area (Å²) in [6.45, 7) is 2.92. The Kier molecular flexibility index (Phi) is 4.38. The first-order valence-corrected chi connectivity index (χ1v) is 9.00. The molecule has 0 spiro atoms. The normalized spacial score (nSPS) is 24.0. The van der Waals surface area contributed by atoms with Crippen molar-refractivity contribution < 1.29 is 4.79 Å². The van der Waals surface area contributed by atoms with Crippen LogP contribution in [-0.4, -0.2) is 52.0 Å². The van der Waals surface area contributed by atoms with Crippen LogP contribution in [0.25, 0.3) is 5.65 Å². The van der Waals surface area contributed by atoms with Crippen LogP contribution in [0.15, 0.2) is 30.6 Å². The lowest BCUT2D eigenvalue weighted by Gasteiger charge is -2.32. The van der Waals surface area contributed by atoms with E-state index < -0.39 is 0 Å². The minimum atomic E-state index is -0.0452. The Hall–Kier alpha value is -2.08. The molecule has 2 N–H and O–H groups in total. The summed E-state index contributed by atoms with van der Waals surface area (Å²) in [6.07, 6.45) is 9.63. The van der Waals surface area contributed by atoms with Gasteiger partial charge in [-0.15, -0.1) is 0 Å². The first kappa shape index (κ1) is 15.4. The maximum Gasteiger partial charge on any atom is 0.315 e. The summed E-state index contributed by atoms with van der Waals surface area (Å²) < 4.78 is 2.01. The summed E-state index contributed by atoms with van der Waals surface area (Å²) in [4.78, 5) is 19.3. The number of amides is 2. The average Bonchev–Trinajstić information content (AvgIpc) is 3.19. The van der Waals surface area contributed by atoms with E-state index in [0.29, 0.717) is 18.6 Å². The van der Waals surface area contributed by atoms with Crippen LogP contribution < -0.4 is 10.6 Å². The van der Waals surface area contributed by atoms with E-state index in [1.165, 1.54) is 25.8 Å². The molecule has 0 saturated carbocycles. The molecule has 4 heterocycles. The second-order valence-corrected chi connectivity index (χ2v) is 6.84. The van der Waals surface area contributed by atoms with Crippen molar-refractivity contribution in [2.24, 2.45) is 0 Å². The Morgan fingerprint density at radius 3 is 3.12 bits per heavy atom. The molecule has 6 heteroatoms. The second-order valence-electron chi connectivity index (χ2n) is 6.84. The van der Waals surface area contributed by atoms with Gasteiger partial charge in [0.05, 0.1) is 5.69 Å². The third kappa shape index (κ3) is 3.24. The smallest absolute Gasteiger partial charge is 0.315 e. The number of piperidine rings is 1. The number of pyridine rings is 1. The summed E-state index contributed by atoms with van der Waals surface area (Å²) in [5.74, 6) is 0. The Morgan fingerprint density at radius 1 is 1.25 bits per heavy atom. The number of nitrogens with one attached hydrogen (secondary N) is 2. The van der Waals surface area contributed by atoms with Gasteiger partial charge in [-0.25, -0.2) is 9.78 Å². The number of fused-ring (bicyclic) bond motifs is 2. The molecule has 128 valence electrons. The van der Waals surface area contributed by atoms with Crippen molar-refractivity contribution >= 4 is 11.7 Å². The van der Waals surface area contributed by atoms with Crippen LogP contribution in [0.5, 0.6) is 0 Å². The molecule has 24 heavy (non-hydrogen) atoms. The molecule has 2 aromatic heterocycles. The van der Waals surface area contributed by atoms with Gasteiger partial charge in [0.2, 0.25) is 0 Å². The third-order valence-corrected chi connectivity index (χ3v) is 5.25. The van der Waals surface area contributed by atoms with Gasteiger partial charge in [-0.05, 0) is 37.9 Å². The highest BCUT2D eigenvalue weighted by molar-refractivity contribution is 5.74. The molecule has 4 rings (SSSR count). The molecule has 6 nitrogen and oxygen atoms in total. The van der Waals surface area contributed by atoms with Gasteiger partial charge in [-0.1, -0.05) is 12.5 Å². The minimum absolute atomic E-state index is 0.0452. The largest absolute Gasteiger partial charge is 0.338 e. The fraction of sp³-hybridized carbons (Fsp3) is 0.556. The number of nitrogens with zero attached hydrogens (tertiary/aromatic N) is 3. The number of carbonyl (C=O) groups is 1. The topological polar surface area (TPSA) is 61.7 Å². The molecule has 2 atom stereocenters. The van der Waals surface area contributed by atoms with Gasteiger partial charge >= 0.3 is 6.03 Å². The van der Waals surface area contributed by atoms with Crippen LogP contribution in [0.4, 0.5) is 4.79 Å². The van der Waals surface area contributed by atoms with E-state index in [1.807, 2.05) is 35.0 Å². The Balaban J connectivity index is 1.24. The maximum atomic E-state index is 12.2. The van der Waals surface area contributed by atoms with Crippen LogP contribution in [0, 0.1) is 0 Å². The van der Waals surface area contributed by atoms with Gasteiger partial charge in [0, 0.05) is 44.0 Å². The number of aromatic nitrogens is 2. The van der Waals surface area contributed by atoms with Gasteiger partial charge in [0.1, 0.15) is 5.65 Å². The zero-order valence-corrected chi connectivity index (χ0v) is 13.9. The number of hydrogen-bond acceptors (Lipinski definition) is 3. The van der Waals surface area contributed by atoms with Gasteiger partial charge in [-0.3, -0.25) is 4.90 Å². The highest BCUT2D eigenvalue weighted by Gasteiger charge is 2.36. The molecule has 0 radical (unpaired) electrons. The molecule has 2 amide bonds. The number of urea groups is 1. The lowest BCUT2D eigenvalue weighted by Crippen LogP contribution is -2.49. The minimum Gasteiger partial charge on any atom is -0.338 e. The average molecular weight is 327 g/mol. The molecule has 0 aliphatic carbocycles. The molecule has 0 bridgehead atoms. The number of rotatable bonds is 4. The van der Waals surface area contributed by atoms with E-state index in [-0.39, 0.29) is 6.03 Å². The fourth-order valence-corrected chi connectivity index (χ4v) is 4.05. The molecule has 2 aromatic rings. The summed E-state index contributed by atoms with van der Waals surface area (Å²) in [7, 11) is 0. The quantitative estimate of drug-likeness (QED) is 0.900. The van der Waals surface area contributed by atoms with Gasteiger partial charge in [0.15, 0.2) is 0 Å². The molecule has 2 aliphatic heterocycles. The van der Waals surface area contributed by atoms with Gasteiger partial charge in [-0.2, -0.15) is 0 Å². The molecule has 0 unspecified atom stereocenters. The van der Waals surface area contributed by atoms with Gasteiger partial charge in [0.25, 0.3) is 0 Å². The van der Waals surface area contributed by atoms with Crippen molar-refractivity contribution in [2.45, 2.75) is 44.2 Å². The summed E-state index contributed by atoms with van der Waals surface area (Å²) in [5, 5.41) is 6.15. The van der Waals surface area contributed by atoms with E-state index in [4.69, 9.17) is 0 Å². The SMILES string of the molecule is O=C(NCCc1cn2ccccc2n1)N[C@@H]1CCN2CCCC[C@H]12. The number of carbonyl (C=O) groups excluding carboxylic acids is 1. The van der Waals surface area contributed by atoms with Crippen molar-refractivity contribution in [1.82, 2.24) is 24.9 Å². The lowest BCUT2D eigenvalue weighted by molar-refractivity contribution is 0.179. The summed E-state index contributed by atoms with van der Waals surface area (Å²) >= 11 is 0. The Labute approximate surface area is 142 Å². The van der Waals surface area contributed by atoms with Crippen molar-refractivity contribution in [3.63, 3.8) is 0 Å². The van der Waals surface area contributed by atoms with E-state index in [2.05, 4.69) is 20.5 Å². The maximum absolute atomic E-state index is 12.2. The molecule has 2 saturated heterocycles.